The molecule has 1 heterocycles. The van der Waals surface area contributed by atoms with Gasteiger partial charge in [0.1, 0.15) is 6.04 Å². The molecule has 0 bridgehead atoms. The van der Waals surface area contributed by atoms with E-state index in [4.69, 9.17) is 9.84 Å². The molecule has 0 unspecified atom stereocenters. The van der Waals surface area contributed by atoms with Gasteiger partial charge in [-0.3, -0.25) is 0 Å². The molecule has 1 aliphatic rings. The quantitative estimate of drug-likeness (QED) is 0.773. The Morgan fingerprint density at radius 2 is 2.17 bits per heavy atom. The molecule has 6 heteroatoms. The Labute approximate surface area is 107 Å². The fourth-order valence-corrected chi connectivity index (χ4v) is 1.86. The van der Waals surface area contributed by atoms with Crippen LogP contribution in [0.3, 0.4) is 0 Å². The lowest BCUT2D eigenvalue weighted by molar-refractivity contribution is -0.139. The average molecular weight is 258 g/mol. The van der Waals surface area contributed by atoms with Gasteiger partial charge >= 0.3 is 12.0 Å². The first-order chi connectivity index (χ1) is 8.65. The van der Waals surface area contributed by atoms with Crippen LogP contribution in [-0.2, 0) is 9.53 Å². The number of carbonyl (C=O) groups is 2. The highest BCUT2D eigenvalue weighted by atomic mass is 16.5. The van der Waals surface area contributed by atoms with E-state index in [9.17, 15) is 9.59 Å². The summed E-state index contributed by atoms with van der Waals surface area (Å²) < 4.78 is 5.25. The number of rotatable bonds is 5. The molecule has 1 atom stereocenters. The molecule has 1 aliphatic heterocycles. The van der Waals surface area contributed by atoms with Crippen LogP contribution in [0.5, 0.6) is 0 Å². The summed E-state index contributed by atoms with van der Waals surface area (Å²) in [5.74, 6) is -0.970. The van der Waals surface area contributed by atoms with Crippen molar-refractivity contribution in [2.75, 3.05) is 26.3 Å². The van der Waals surface area contributed by atoms with Crippen LogP contribution >= 0.6 is 0 Å². The second-order valence-corrected chi connectivity index (χ2v) is 4.44. The first-order valence-electron chi connectivity index (χ1n) is 6.51. The minimum atomic E-state index is -0.970. The highest BCUT2D eigenvalue weighted by Gasteiger charge is 2.23. The fraction of sp³-hybridized carbons (Fsp3) is 0.833. The number of hydrogen-bond donors (Lipinski definition) is 2. The summed E-state index contributed by atoms with van der Waals surface area (Å²) in [6.45, 7) is 4.30. The third kappa shape index (κ3) is 4.91. The van der Waals surface area contributed by atoms with Crippen LogP contribution in [-0.4, -0.2) is 54.4 Å². The zero-order valence-corrected chi connectivity index (χ0v) is 10.9. The van der Waals surface area contributed by atoms with Crippen LogP contribution in [0.4, 0.5) is 4.79 Å². The van der Waals surface area contributed by atoms with Crippen LogP contribution in [0.2, 0.25) is 0 Å². The van der Waals surface area contributed by atoms with Gasteiger partial charge in [-0.15, -0.1) is 0 Å². The van der Waals surface area contributed by atoms with Gasteiger partial charge in [-0.1, -0.05) is 19.8 Å². The molecule has 0 spiro atoms. The fourth-order valence-electron chi connectivity index (χ4n) is 1.86. The largest absolute Gasteiger partial charge is 0.480 e. The molecule has 2 amide bonds. The summed E-state index contributed by atoms with van der Waals surface area (Å²) in [4.78, 5) is 24.6. The number of carboxylic acids is 1. The van der Waals surface area contributed by atoms with Crippen molar-refractivity contribution in [3.05, 3.63) is 0 Å². The predicted molar refractivity (Wildman–Crippen MR) is 66.5 cm³/mol. The van der Waals surface area contributed by atoms with Gasteiger partial charge in [0.25, 0.3) is 0 Å². The normalized spacial score (nSPS) is 17.9. The van der Waals surface area contributed by atoms with Gasteiger partial charge in [-0.2, -0.15) is 0 Å². The van der Waals surface area contributed by atoms with Crippen molar-refractivity contribution in [1.82, 2.24) is 10.2 Å². The van der Waals surface area contributed by atoms with Crippen LogP contribution in [0.25, 0.3) is 0 Å². The first kappa shape index (κ1) is 14.8. The molecule has 2 N–H and O–H groups in total. The molecule has 1 fully saturated rings. The molecule has 0 aromatic rings. The molecular formula is C12H22N2O4. The summed E-state index contributed by atoms with van der Waals surface area (Å²) in [5, 5.41) is 11.6. The molecule has 1 rings (SSSR count). The number of unbranched alkanes of at least 4 members (excludes halogenated alkanes) is 1. The topological polar surface area (TPSA) is 78.9 Å². The Bertz CT molecular complexity index is 275. The van der Waals surface area contributed by atoms with E-state index in [0.29, 0.717) is 32.7 Å². The van der Waals surface area contributed by atoms with Gasteiger partial charge in [-0.25, -0.2) is 9.59 Å². The number of nitrogens with zero attached hydrogens (tertiary/aromatic N) is 1. The highest BCUT2D eigenvalue weighted by Crippen LogP contribution is 2.04. The van der Waals surface area contributed by atoms with E-state index in [1.807, 2.05) is 6.92 Å². The van der Waals surface area contributed by atoms with Gasteiger partial charge in [0.05, 0.1) is 6.61 Å². The zero-order chi connectivity index (χ0) is 13.4. The number of carboxylic acid groups (broad SMARTS) is 1. The van der Waals surface area contributed by atoms with Crippen LogP contribution in [0, 0.1) is 0 Å². The Hall–Kier alpha value is -1.30. The van der Waals surface area contributed by atoms with Crippen LogP contribution in [0.15, 0.2) is 0 Å². The Morgan fingerprint density at radius 1 is 1.39 bits per heavy atom. The Balaban J connectivity index is 2.45. The molecule has 104 valence electrons. The maximum atomic E-state index is 11.9. The lowest BCUT2D eigenvalue weighted by Gasteiger charge is -2.23. The van der Waals surface area contributed by atoms with Gasteiger partial charge in [0.15, 0.2) is 0 Å². The Morgan fingerprint density at radius 3 is 2.83 bits per heavy atom. The second-order valence-electron chi connectivity index (χ2n) is 4.44. The number of amides is 2. The summed E-state index contributed by atoms with van der Waals surface area (Å²) >= 11 is 0. The second kappa shape index (κ2) is 7.92. The first-order valence-corrected chi connectivity index (χ1v) is 6.51. The average Bonchev–Trinajstić information content (AvgIpc) is 2.62. The number of nitrogens with one attached hydrogen (secondary N) is 1. The van der Waals surface area contributed by atoms with Gasteiger partial charge in [-0.05, 0) is 12.8 Å². The molecule has 0 saturated carbocycles. The van der Waals surface area contributed by atoms with Crippen molar-refractivity contribution >= 4 is 12.0 Å². The van der Waals surface area contributed by atoms with E-state index in [2.05, 4.69) is 5.32 Å². The highest BCUT2D eigenvalue weighted by molar-refractivity contribution is 5.82. The SMILES string of the molecule is CCCC[C@H](NC(=O)N1CCCOCC1)C(=O)O. The molecule has 0 radical (unpaired) electrons. The van der Waals surface area contributed by atoms with Crippen molar-refractivity contribution in [1.29, 1.82) is 0 Å². The van der Waals surface area contributed by atoms with Crippen molar-refractivity contribution < 1.29 is 19.4 Å². The zero-order valence-electron chi connectivity index (χ0n) is 10.9. The third-order valence-corrected chi connectivity index (χ3v) is 2.95. The van der Waals surface area contributed by atoms with E-state index < -0.39 is 12.0 Å². The number of aliphatic carboxylic acids is 1. The van der Waals surface area contributed by atoms with Crippen LogP contribution in [0.1, 0.15) is 32.6 Å². The van der Waals surface area contributed by atoms with E-state index >= 15 is 0 Å². The number of hydrogen-bond acceptors (Lipinski definition) is 3. The maximum Gasteiger partial charge on any atom is 0.326 e. The van der Waals surface area contributed by atoms with E-state index in [-0.39, 0.29) is 6.03 Å². The van der Waals surface area contributed by atoms with Crippen LogP contribution < -0.4 is 5.32 Å². The third-order valence-electron chi connectivity index (χ3n) is 2.95. The molecular weight excluding hydrogens is 236 g/mol. The maximum absolute atomic E-state index is 11.9. The number of ether oxygens (including phenoxy) is 1. The smallest absolute Gasteiger partial charge is 0.326 e. The van der Waals surface area contributed by atoms with Crippen molar-refractivity contribution in [2.24, 2.45) is 0 Å². The summed E-state index contributed by atoms with van der Waals surface area (Å²) in [6.07, 6.45) is 2.97. The monoisotopic (exact) mass is 258 g/mol. The minimum absolute atomic E-state index is 0.302. The summed E-state index contributed by atoms with van der Waals surface area (Å²) in [6, 6.07) is -1.09. The van der Waals surface area contributed by atoms with Gasteiger partial charge in [0.2, 0.25) is 0 Å². The van der Waals surface area contributed by atoms with Gasteiger partial charge < -0.3 is 20.1 Å². The number of urea groups is 1. The molecule has 6 nitrogen and oxygen atoms in total. The van der Waals surface area contributed by atoms with Gasteiger partial charge in [0, 0.05) is 19.7 Å². The molecule has 0 aromatic carbocycles. The summed E-state index contributed by atoms with van der Waals surface area (Å²) in [7, 11) is 0. The Kier molecular flexibility index (Phi) is 6.49. The lowest BCUT2D eigenvalue weighted by atomic mass is 10.1. The van der Waals surface area contributed by atoms with Crippen molar-refractivity contribution in [2.45, 2.75) is 38.6 Å². The van der Waals surface area contributed by atoms with E-state index in [1.54, 1.807) is 4.90 Å². The molecule has 0 aromatic heterocycles. The molecule has 1 saturated heterocycles. The van der Waals surface area contributed by atoms with E-state index in [1.165, 1.54) is 0 Å². The minimum Gasteiger partial charge on any atom is -0.480 e. The molecule has 0 aliphatic carbocycles. The molecule has 18 heavy (non-hydrogen) atoms. The van der Waals surface area contributed by atoms with Crippen molar-refractivity contribution in [3.8, 4) is 0 Å². The van der Waals surface area contributed by atoms with Crippen molar-refractivity contribution in [3.63, 3.8) is 0 Å². The predicted octanol–water partition coefficient (Wildman–Crippen LogP) is 1.06. The van der Waals surface area contributed by atoms with E-state index in [0.717, 1.165) is 19.3 Å². The standard InChI is InChI=1S/C12H22N2O4/c1-2-3-5-10(11(15)16)13-12(17)14-6-4-8-18-9-7-14/h10H,2-9H2,1H3,(H,13,17)(H,15,16)/t10-/m0/s1. The summed E-state index contributed by atoms with van der Waals surface area (Å²) in [5.41, 5.74) is 0. The number of carbonyl (C=O) groups excluding carboxylic acids is 1. The lowest BCUT2D eigenvalue weighted by Crippen LogP contribution is -2.48.